The van der Waals surface area contributed by atoms with E-state index < -0.39 is 155 Å². The molecule has 3 saturated carbocycles. The molecule has 7 amide bonds. The number of nitrogens with zero attached hydrogens (tertiary/aromatic N) is 4. The first-order valence-electron chi connectivity index (χ1n) is 40.3. The Balaban J connectivity index is 0.724. The lowest BCUT2D eigenvalue weighted by Crippen LogP contribution is -2.63. The third-order valence-corrected chi connectivity index (χ3v) is 25.2. The number of urea groups is 1. The van der Waals surface area contributed by atoms with Crippen LogP contribution in [0.25, 0.3) is 0 Å². The van der Waals surface area contributed by atoms with Crippen molar-refractivity contribution >= 4 is 82.3 Å². The van der Waals surface area contributed by atoms with E-state index in [1.807, 2.05) is 19.9 Å². The number of thioether (sulfide) groups is 1. The number of nitrogens with two attached hydrogens (primary N) is 1. The second kappa shape index (κ2) is 40.6. The maximum Gasteiger partial charge on any atom is 0.509 e. The van der Waals surface area contributed by atoms with Gasteiger partial charge in [-0.15, -0.1) is 5.10 Å². The van der Waals surface area contributed by atoms with E-state index in [-0.39, 0.29) is 152 Å². The minimum atomic E-state index is -1.64. The fourth-order valence-electron chi connectivity index (χ4n) is 18.3. The number of ketones is 4. The number of nitrogens with one attached hydrogen (secondary N) is 4. The Morgan fingerprint density at radius 3 is 2.28 bits per heavy atom. The first kappa shape index (κ1) is 88.9. The van der Waals surface area contributed by atoms with Gasteiger partial charge in [-0.05, 0) is 131 Å². The van der Waals surface area contributed by atoms with E-state index in [0.29, 0.717) is 74.0 Å². The number of hydrogen-bond acceptors (Lipinski definition) is 27. The standard InChI is InChI=1S/C80H115N9O24S/c1-7-14-65-112-62-38-54-53-24-21-49-37-51(91)25-27-78(49,4)66(53)57(94)40-79(54,5)80(62,113-65)61(95)43-110-77(105)109-42-46-19-22-50(23-20-46)84-72(101)48(16-13-29-83-76(81)104)36-56(93)67(45(2)3)85-73(102)47(35-52(92)26-31-106-33-34-107-32-30-88-64(97)39-60(114-6)74(88)103)15-11-12-28-82-63(96)44-108-58-18-10-8-9-17-55-68(58)86-87-89(55)75-71(100)70(99)69(98)59(41-90)111-75/h19-20,22-23,25,27,37,45,47-48,53-54,57-60,62,65-67,69-71,75,90,94,98-100H,7-18,21,24,26,28-36,38-44H2,1-6H3,(H,82,96)(H,84,101)(H,85,102)(H3,81,83,104)/t47-,48+,53-,54-,57-,58?,59+,60?,62+,65?,66+,67-,69-,70-,71+,75+,78-,79-,80+/m0/s1. The van der Waals surface area contributed by atoms with Gasteiger partial charge in [0.25, 0.3) is 0 Å². The lowest BCUT2D eigenvalue weighted by atomic mass is 9.46. The number of carbonyl (C=O) groups excluding carboxylic acids is 11. The van der Waals surface area contributed by atoms with Crippen LogP contribution in [0.5, 0.6) is 0 Å². The molecule has 19 atom stereocenters. The van der Waals surface area contributed by atoms with Crippen molar-refractivity contribution in [3.8, 4) is 0 Å². The molecule has 6 fully saturated rings. The molecule has 33 nitrogen and oxygen atoms in total. The number of Topliss-reactive ketones (excluding diaryl/α,β-unsaturated/α-hetero) is 3. The molecule has 3 saturated heterocycles. The number of aliphatic hydroxyl groups is 5. The molecule has 4 heterocycles. The monoisotopic (exact) mass is 1620 g/mol. The van der Waals surface area contributed by atoms with Crippen molar-refractivity contribution in [2.24, 2.45) is 52.1 Å². The fraction of sp³-hybridized carbons (Fsp3) is 0.713. The molecule has 0 spiro atoms. The highest BCUT2D eigenvalue weighted by molar-refractivity contribution is 8.00. The third kappa shape index (κ3) is 20.9. The molecule has 10 rings (SSSR count). The summed E-state index contributed by atoms with van der Waals surface area (Å²) < 4.78 is 48.8. The number of ether oxygens (including phenoxy) is 8. The number of imide groups is 1. The van der Waals surface area contributed by atoms with Crippen molar-refractivity contribution in [1.29, 1.82) is 0 Å². The van der Waals surface area contributed by atoms with Crippen LogP contribution >= 0.6 is 11.8 Å². The third-order valence-electron chi connectivity index (χ3n) is 24.3. The molecular formula is C80H115N9O24S. The molecule has 0 bridgehead atoms. The minimum absolute atomic E-state index is 0.0117. The van der Waals surface area contributed by atoms with Crippen LogP contribution in [0.15, 0.2) is 48.1 Å². The highest BCUT2D eigenvalue weighted by Crippen LogP contribution is 2.70. The fourth-order valence-corrected chi connectivity index (χ4v) is 18.9. The summed E-state index contributed by atoms with van der Waals surface area (Å²) in [6, 6.07) is 4.41. The number of benzene rings is 1. The van der Waals surface area contributed by atoms with Crippen LogP contribution in [0.4, 0.5) is 15.3 Å². The number of aliphatic hydroxyl groups excluding tert-OH is 5. The van der Waals surface area contributed by atoms with E-state index in [2.05, 4.69) is 38.5 Å². The van der Waals surface area contributed by atoms with Gasteiger partial charge < -0.3 is 90.4 Å². The number of primary amides is 1. The van der Waals surface area contributed by atoms with Gasteiger partial charge in [0, 0.05) is 73.0 Å². The zero-order chi connectivity index (χ0) is 82.2. The number of hydrogen-bond donors (Lipinski definition) is 10. The largest absolute Gasteiger partial charge is 0.509 e. The van der Waals surface area contributed by atoms with Crippen LogP contribution in [0.3, 0.4) is 0 Å². The molecule has 34 heteroatoms. The molecule has 3 unspecified atom stereocenters. The maximum absolute atomic E-state index is 14.8. The van der Waals surface area contributed by atoms with E-state index >= 15 is 0 Å². The van der Waals surface area contributed by atoms with Gasteiger partial charge in [-0.2, -0.15) is 11.8 Å². The lowest BCUT2D eigenvalue weighted by Gasteiger charge is -2.59. The number of likely N-dealkylation sites (tertiary alicyclic amines) is 1. The van der Waals surface area contributed by atoms with Gasteiger partial charge >= 0.3 is 12.2 Å². The lowest BCUT2D eigenvalue weighted by molar-refractivity contribution is -0.254. The average Bonchev–Trinajstić information content (AvgIpc) is 1.49. The number of rotatable bonds is 41. The first-order chi connectivity index (χ1) is 54.5. The van der Waals surface area contributed by atoms with Gasteiger partial charge in [0.1, 0.15) is 55.2 Å². The summed E-state index contributed by atoms with van der Waals surface area (Å²) in [5.41, 5.74) is 5.18. The molecule has 8 aliphatic rings. The molecule has 3 aliphatic heterocycles. The SMILES string of the molecule is CCCC1O[C@@H]2C[C@H]3[C@@H]4CCC5=CC(=O)C=C[C@]5(C)[C@H]4[C@@H](O)C[C@]3(C)[C@]2(C(=O)COC(=O)OCc2ccc(NC(=O)[C@H](CCCNC(N)=O)CC(=O)[C@@H](NC(=O)[C@@H](CCCCNC(=O)COC3CCCCCc4c3nnn4[C@@H]3O[C@H](CO)[C@H](O)[C@H](O)[C@H]3O)CC(=O)CCOCCOCCN3C(=O)CC(SC)C3=O)C(C)C)cc2)O1. The van der Waals surface area contributed by atoms with Crippen molar-refractivity contribution in [3.05, 3.63) is 65.0 Å². The molecule has 2 aromatic rings. The summed E-state index contributed by atoms with van der Waals surface area (Å²) in [4.78, 5) is 149. The van der Waals surface area contributed by atoms with Crippen LogP contribution in [-0.2, 0) is 94.1 Å². The second-order valence-corrected chi connectivity index (χ2v) is 33.2. The van der Waals surface area contributed by atoms with Gasteiger partial charge in [0.15, 0.2) is 36.3 Å². The highest BCUT2D eigenvalue weighted by atomic mass is 32.2. The van der Waals surface area contributed by atoms with Gasteiger partial charge in [0.05, 0.1) is 68.8 Å². The zero-order valence-electron chi connectivity index (χ0n) is 66.0. The molecule has 0 radical (unpaired) electrons. The minimum Gasteiger partial charge on any atom is -0.429 e. The van der Waals surface area contributed by atoms with Gasteiger partial charge in [0.2, 0.25) is 35.3 Å². The normalized spacial score (nSPS) is 29.8. The molecule has 5 aliphatic carbocycles. The van der Waals surface area contributed by atoms with E-state index in [0.717, 1.165) is 31.3 Å². The quantitative estimate of drug-likeness (QED) is 0.0250. The number of aromatic nitrogens is 3. The summed E-state index contributed by atoms with van der Waals surface area (Å²) in [7, 11) is 0. The number of anilines is 1. The van der Waals surface area contributed by atoms with Crippen molar-refractivity contribution in [2.75, 3.05) is 77.5 Å². The Morgan fingerprint density at radius 2 is 1.56 bits per heavy atom. The Morgan fingerprint density at radius 1 is 0.825 bits per heavy atom. The number of carbonyl (C=O) groups is 11. The molecule has 1 aromatic heterocycles. The Kier molecular flexibility index (Phi) is 31.6. The Hall–Kier alpha value is -7.48. The first-order valence-corrected chi connectivity index (χ1v) is 41.6. The number of unbranched alkanes of at least 4 members (excludes halogenated alkanes) is 1. The van der Waals surface area contributed by atoms with E-state index in [4.69, 9.17) is 43.6 Å². The van der Waals surface area contributed by atoms with Crippen molar-refractivity contribution in [3.63, 3.8) is 0 Å². The molecule has 114 heavy (non-hydrogen) atoms. The summed E-state index contributed by atoms with van der Waals surface area (Å²) in [6.45, 7) is 8.20. The topological polar surface area (TPSA) is 471 Å². The van der Waals surface area contributed by atoms with Gasteiger partial charge in [-0.3, -0.25) is 48.1 Å². The van der Waals surface area contributed by atoms with Crippen LogP contribution in [0.2, 0.25) is 0 Å². The number of amides is 7. The summed E-state index contributed by atoms with van der Waals surface area (Å²) >= 11 is 1.32. The van der Waals surface area contributed by atoms with E-state index in [1.165, 1.54) is 21.3 Å². The Bertz CT molecular complexity index is 3800. The Labute approximate surface area is 667 Å². The zero-order valence-corrected chi connectivity index (χ0v) is 66.9. The van der Waals surface area contributed by atoms with Gasteiger partial charge in [-0.1, -0.05) is 89.3 Å². The van der Waals surface area contributed by atoms with E-state index in [1.54, 1.807) is 56.5 Å². The molecular weight excluding hydrogens is 1500 g/mol. The molecule has 11 N–H and O–H groups in total. The van der Waals surface area contributed by atoms with Crippen molar-refractivity contribution < 1.29 is 116 Å². The summed E-state index contributed by atoms with van der Waals surface area (Å²) in [5, 5.41) is 73.0. The maximum atomic E-state index is 14.8. The van der Waals surface area contributed by atoms with Crippen LogP contribution in [-0.4, -0.2) is 242 Å². The predicted molar refractivity (Wildman–Crippen MR) is 408 cm³/mol. The van der Waals surface area contributed by atoms with E-state index in [9.17, 15) is 78.3 Å². The molecule has 1 aromatic carbocycles. The molecule has 630 valence electrons. The van der Waals surface area contributed by atoms with Crippen LogP contribution in [0, 0.1) is 46.3 Å². The summed E-state index contributed by atoms with van der Waals surface area (Å²) in [5.74, 6) is -6.22. The van der Waals surface area contributed by atoms with Crippen molar-refractivity contribution in [1.82, 2.24) is 35.8 Å². The van der Waals surface area contributed by atoms with Crippen LogP contribution < -0.4 is 27.0 Å². The second-order valence-electron chi connectivity index (χ2n) is 32.2. The average molecular weight is 1620 g/mol. The van der Waals surface area contributed by atoms with Gasteiger partial charge in [-0.25, -0.2) is 14.3 Å². The van der Waals surface area contributed by atoms with Crippen LogP contribution in [0.1, 0.15) is 186 Å². The predicted octanol–water partition coefficient (Wildman–Crippen LogP) is 4.40. The highest BCUT2D eigenvalue weighted by Gasteiger charge is 2.76. The smallest absolute Gasteiger partial charge is 0.429 e. The summed E-state index contributed by atoms with van der Waals surface area (Å²) in [6.07, 6.45) is 3.01. The number of fused-ring (bicyclic) bond motifs is 8. The number of allylic oxidation sites excluding steroid dienone is 4. The van der Waals surface area contributed by atoms with Crippen molar-refractivity contribution in [2.45, 2.75) is 242 Å².